The zero-order chi connectivity index (χ0) is 29.8. The number of imide groups is 1. The first-order valence-corrected chi connectivity index (χ1v) is 14.2. The van der Waals surface area contributed by atoms with Gasteiger partial charge in [-0.2, -0.15) is 5.26 Å². The molecule has 1 aliphatic heterocycles. The first-order chi connectivity index (χ1) is 21.6. The highest BCUT2D eigenvalue weighted by Gasteiger charge is 2.40. The van der Waals surface area contributed by atoms with Crippen molar-refractivity contribution in [2.24, 2.45) is 0 Å². The summed E-state index contributed by atoms with van der Waals surface area (Å²) in [6, 6.07) is 44.3. The number of rotatable bonds is 4. The number of para-hydroxylation sites is 2. The molecule has 0 N–H and O–H groups in total. The zero-order valence-corrected chi connectivity index (χ0v) is 23.3. The summed E-state index contributed by atoms with van der Waals surface area (Å²) in [4.78, 5) is 34.2. The summed E-state index contributed by atoms with van der Waals surface area (Å²) in [6.45, 7) is 0. The van der Waals surface area contributed by atoms with Crippen LogP contribution in [0, 0.1) is 11.3 Å². The van der Waals surface area contributed by atoms with Gasteiger partial charge in [0.25, 0.3) is 11.8 Å². The molecule has 6 nitrogen and oxygen atoms in total. The van der Waals surface area contributed by atoms with Crippen LogP contribution in [0.15, 0.2) is 133 Å². The normalized spacial score (nSPS) is 12.6. The molecular weight excluding hydrogens is 544 g/mol. The van der Waals surface area contributed by atoms with Gasteiger partial charge in [0.1, 0.15) is 11.8 Å². The molecule has 0 spiro atoms. The van der Waals surface area contributed by atoms with Gasteiger partial charge in [-0.1, -0.05) is 91.0 Å². The summed E-state index contributed by atoms with van der Waals surface area (Å²) in [6.07, 6.45) is 0. The van der Waals surface area contributed by atoms with Crippen molar-refractivity contribution in [3.8, 4) is 34.1 Å². The van der Waals surface area contributed by atoms with Gasteiger partial charge in [0.15, 0.2) is 0 Å². The summed E-state index contributed by atoms with van der Waals surface area (Å²) in [5, 5.41) is 11.4. The monoisotopic (exact) mass is 566 g/mol. The Kier molecular flexibility index (Phi) is 5.71. The average molecular weight is 567 g/mol. The third kappa shape index (κ3) is 3.77. The number of carbonyl (C=O) groups excluding carboxylic acids is 2. The summed E-state index contributed by atoms with van der Waals surface area (Å²) in [5.41, 5.74) is 7.25. The molecule has 8 rings (SSSR count). The Hall–Kier alpha value is -6.32. The molecule has 206 valence electrons. The molecule has 6 heteroatoms. The van der Waals surface area contributed by atoms with Crippen LogP contribution < -0.4 is 4.90 Å². The number of pyridine rings is 1. The van der Waals surface area contributed by atoms with Gasteiger partial charge in [0.05, 0.1) is 39.2 Å². The van der Waals surface area contributed by atoms with Crippen molar-refractivity contribution in [2.75, 3.05) is 4.90 Å². The lowest BCUT2D eigenvalue weighted by Gasteiger charge is -2.18. The van der Waals surface area contributed by atoms with Gasteiger partial charge >= 0.3 is 0 Å². The van der Waals surface area contributed by atoms with Crippen LogP contribution in [-0.4, -0.2) is 21.4 Å². The second-order valence-electron chi connectivity index (χ2n) is 10.6. The molecule has 0 saturated heterocycles. The maximum Gasteiger partial charge on any atom is 0.268 e. The van der Waals surface area contributed by atoms with Crippen molar-refractivity contribution in [3.63, 3.8) is 0 Å². The van der Waals surface area contributed by atoms with E-state index in [1.807, 2.05) is 115 Å². The lowest BCUT2D eigenvalue weighted by atomic mass is 10.0. The Bertz CT molecular complexity index is 2350. The number of anilines is 1. The van der Waals surface area contributed by atoms with Gasteiger partial charge < -0.3 is 4.57 Å². The minimum Gasteiger partial charge on any atom is -0.308 e. The van der Waals surface area contributed by atoms with Crippen LogP contribution in [0.1, 0.15) is 26.4 Å². The Morgan fingerprint density at radius 2 is 1.27 bits per heavy atom. The Morgan fingerprint density at radius 3 is 2.14 bits per heavy atom. The maximum absolute atomic E-state index is 14.4. The van der Waals surface area contributed by atoms with E-state index in [0.29, 0.717) is 33.9 Å². The van der Waals surface area contributed by atoms with E-state index in [2.05, 4.69) is 21.7 Å². The molecule has 0 aliphatic carbocycles. The molecule has 0 bridgehead atoms. The highest BCUT2D eigenvalue weighted by molar-refractivity contribution is 6.36. The molecule has 5 aromatic carbocycles. The van der Waals surface area contributed by atoms with Crippen molar-refractivity contribution in [1.29, 1.82) is 5.26 Å². The zero-order valence-electron chi connectivity index (χ0n) is 23.3. The number of nitrogens with zero attached hydrogens (tertiary/aromatic N) is 4. The van der Waals surface area contributed by atoms with E-state index in [1.54, 1.807) is 12.1 Å². The predicted octanol–water partition coefficient (Wildman–Crippen LogP) is 8.18. The fraction of sp³-hybridized carbons (Fsp3) is 0. The molecule has 0 saturated carbocycles. The number of hydrogen-bond donors (Lipinski definition) is 0. The van der Waals surface area contributed by atoms with Crippen molar-refractivity contribution in [1.82, 2.24) is 9.55 Å². The third-order valence-corrected chi connectivity index (χ3v) is 8.20. The van der Waals surface area contributed by atoms with Crippen LogP contribution in [0.4, 0.5) is 5.69 Å². The number of fused-ring (bicyclic) bond motifs is 4. The van der Waals surface area contributed by atoms with E-state index >= 15 is 0 Å². The first kappa shape index (κ1) is 25.4. The Labute approximate surface area is 252 Å². The number of benzene rings is 5. The fourth-order valence-electron chi connectivity index (χ4n) is 6.25. The van der Waals surface area contributed by atoms with Crippen LogP contribution in [0.2, 0.25) is 0 Å². The summed E-state index contributed by atoms with van der Waals surface area (Å²) in [5.74, 6) is -0.719. The first-order valence-electron chi connectivity index (χ1n) is 14.2. The summed E-state index contributed by atoms with van der Waals surface area (Å²) >= 11 is 0. The van der Waals surface area contributed by atoms with Gasteiger partial charge in [-0.25, -0.2) is 9.88 Å². The van der Waals surface area contributed by atoms with Gasteiger partial charge in [0.2, 0.25) is 0 Å². The van der Waals surface area contributed by atoms with Crippen molar-refractivity contribution in [2.45, 2.75) is 0 Å². The van der Waals surface area contributed by atoms with Gasteiger partial charge in [0, 0.05) is 21.9 Å². The number of hydrogen-bond acceptors (Lipinski definition) is 4. The van der Waals surface area contributed by atoms with Crippen molar-refractivity contribution in [3.05, 3.63) is 150 Å². The number of carbonyl (C=O) groups is 2. The lowest BCUT2D eigenvalue weighted by molar-refractivity contribution is 0.0926. The average Bonchev–Trinajstić information content (AvgIpc) is 3.55. The summed E-state index contributed by atoms with van der Waals surface area (Å²) in [7, 11) is 0. The van der Waals surface area contributed by atoms with E-state index in [0.717, 1.165) is 38.5 Å². The molecule has 0 atom stereocenters. The Balaban J connectivity index is 1.35. The number of amides is 2. The number of nitriles is 1. The van der Waals surface area contributed by atoms with Crippen LogP contribution >= 0.6 is 0 Å². The van der Waals surface area contributed by atoms with Gasteiger partial charge in [-0.15, -0.1) is 0 Å². The maximum atomic E-state index is 14.4. The standard InChI is InChI=1S/C38H22N4O2/c39-23-26-12-8-16-31(40-26)25-20-21-29-28-14-5-7-18-33(28)41(35(29)22-25)34-19-9-15-30-36(34)38(44)42(37(30)43)32-17-6-4-13-27(32)24-10-2-1-3-11-24/h1-22H. The molecule has 0 unspecified atom stereocenters. The molecule has 7 aromatic rings. The fourth-order valence-corrected chi connectivity index (χ4v) is 6.25. The van der Waals surface area contributed by atoms with Gasteiger partial charge in [-0.3, -0.25) is 9.59 Å². The molecule has 2 amide bonds. The van der Waals surface area contributed by atoms with Crippen LogP contribution in [0.5, 0.6) is 0 Å². The molecule has 2 aromatic heterocycles. The minimum absolute atomic E-state index is 0.337. The van der Waals surface area contributed by atoms with Crippen LogP contribution in [0.3, 0.4) is 0 Å². The van der Waals surface area contributed by atoms with Crippen molar-refractivity contribution < 1.29 is 9.59 Å². The second-order valence-corrected chi connectivity index (χ2v) is 10.6. The van der Waals surface area contributed by atoms with E-state index in [1.165, 1.54) is 4.90 Å². The van der Waals surface area contributed by atoms with E-state index in [4.69, 9.17) is 0 Å². The minimum atomic E-state index is -0.366. The van der Waals surface area contributed by atoms with Crippen LogP contribution in [0.25, 0.3) is 49.9 Å². The van der Waals surface area contributed by atoms with E-state index in [9.17, 15) is 14.9 Å². The van der Waals surface area contributed by atoms with Crippen LogP contribution in [-0.2, 0) is 0 Å². The third-order valence-electron chi connectivity index (χ3n) is 8.20. The second kappa shape index (κ2) is 9.90. The topological polar surface area (TPSA) is 79.0 Å². The highest BCUT2D eigenvalue weighted by Crippen LogP contribution is 2.40. The number of aromatic nitrogens is 2. The summed E-state index contributed by atoms with van der Waals surface area (Å²) < 4.78 is 2.05. The molecular formula is C38H22N4O2. The Morgan fingerprint density at radius 1 is 0.568 bits per heavy atom. The molecule has 0 fully saturated rings. The largest absolute Gasteiger partial charge is 0.308 e. The smallest absolute Gasteiger partial charge is 0.268 e. The highest BCUT2D eigenvalue weighted by atomic mass is 16.2. The predicted molar refractivity (Wildman–Crippen MR) is 172 cm³/mol. The van der Waals surface area contributed by atoms with E-state index < -0.39 is 0 Å². The van der Waals surface area contributed by atoms with E-state index in [-0.39, 0.29) is 11.8 Å². The molecule has 44 heavy (non-hydrogen) atoms. The molecule has 1 aliphatic rings. The molecule has 0 radical (unpaired) electrons. The molecule has 3 heterocycles. The van der Waals surface area contributed by atoms with Gasteiger partial charge in [-0.05, 0) is 48.0 Å². The SMILES string of the molecule is N#Cc1cccc(-c2ccc3c4ccccc4n(-c4cccc5c4C(=O)N(c4ccccc4-c4ccccc4)C5=O)c3c2)n1. The quantitative estimate of drug-likeness (QED) is 0.201. The van der Waals surface area contributed by atoms with Crippen molar-refractivity contribution >= 4 is 39.3 Å². The lowest BCUT2D eigenvalue weighted by Crippen LogP contribution is -2.30.